The molecule has 1 N–H and O–H groups in total. The van der Waals surface area contributed by atoms with Gasteiger partial charge < -0.3 is 9.90 Å². The molecule has 22 heavy (non-hydrogen) atoms. The van der Waals surface area contributed by atoms with Crippen LogP contribution in [-0.4, -0.2) is 14.4 Å². The molecular formula is C16H16NO4S-. The monoisotopic (exact) mass is 318 g/mol. The molecule has 2 aromatic rings. The summed E-state index contributed by atoms with van der Waals surface area (Å²) in [6, 6.07) is 12.2. The molecule has 0 aliphatic heterocycles. The Labute approximate surface area is 129 Å². The van der Waals surface area contributed by atoms with Crippen LogP contribution in [0.5, 0.6) is 0 Å². The van der Waals surface area contributed by atoms with Crippen molar-refractivity contribution >= 4 is 21.7 Å². The van der Waals surface area contributed by atoms with Crippen molar-refractivity contribution in [3.05, 3.63) is 59.7 Å². The second kappa shape index (κ2) is 6.19. The third kappa shape index (κ3) is 3.46. The first-order valence-electron chi connectivity index (χ1n) is 6.74. The van der Waals surface area contributed by atoms with Gasteiger partial charge in [-0.1, -0.05) is 44.2 Å². The van der Waals surface area contributed by atoms with Crippen molar-refractivity contribution in [2.24, 2.45) is 0 Å². The molecule has 5 nitrogen and oxygen atoms in total. The number of para-hydroxylation sites is 1. The maximum atomic E-state index is 12.3. The zero-order valence-electron chi connectivity index (χ0n) is 12.2. The zero-order chi connectivity index (χ0) is 16.3. The normalized spacial score (nSPS) is 11.4. The molecule has 6 heteroatoms. The van der Waals surface area contributed by atoms with E-state index in [2.05, 4.69) is 4.72 Å². The van der Waals surface area contributed by atoms with Crippen LogP contribution in [0.2, 0.25) is 0 Å². The van der Waals surface area contributed by atoms with Gasteiger partial charge >= 0.3 is 0 Å². The lowest BCUT2D eigenvalue weighted by atomic mass is 10.0. The Balaban J connectivity index is 2.34. The lowest BCUT2D eigenvalue weighted by molar-refractivity contribution is -0.254. The summed E-state index contributed by atoms with van der Waals surface area (Å²) in [5.74, 6) is -1.14. The predicted octanol–water partition coefficient (Wildman–Crippen LogP) is 1.97. The quantitative estimate of drug-likeness (QED) is 0.913. The van der Waals surface area contributed by atoms with E-state index in [-0.39, 0.29) is 16.1 Å². The Bertz CT molecular complexity index is 780. The second-order valence-electron chi connectivity index (χ2n) is 5.16. The van der Waals surface area contributed by atoms with Gasteiger partial charge in [-0.2, -0.15) is 0 Å². The molecule has 0 aromatic heterocycles. The average molecular weight is 318 g/mol. The Morgan fingerprint density at radius 3 is 2.18 bits per heavy atom. The van der Waals surface area contributed by atoms with Crippen molar-refractivity contribution in [1.29, 1.82) is 0 Å². The van der Waals surface area contributed by atoms with Gasteiger partial charge in [0.05, 0.1) is 16.6 Å². The van der Waals surface area contributed by atoms with Crippen LogP contribution in [0, 0.1) is 0 Å². The maximum Gasteiger partial charge on any atom is 0.261 e. The van der Waals surface area contributed by atoms with Crippen molar-refractivity contribution in [3.8, 4) is 0 Å². The van der Waals surface area contributed by atoms with E-state index in [1.54, 1.807) is 18.2 Å². The molecule has 0 radical (unpaired) electrons. The third-order valence-electron chi connectivity index (χ3n) is 3.25. The number of hydrogen-bond acceptors (Lipinski definition) is 4. The molecule has 0 saturated heterocycles. The summed E-state index contributed by atoms with van der Waals surface area (Å²) in [5, 5.41) is 11.0. The average Bonchev–Trinajstić information content (AvgIpc) is 2.47. The molecule has 0 atom stereocenters. The molecule has 0 saturated carbocycles. The van der Waals surface area contributed by atoms with Gasteiger partial charge in [0, 0.05) is 5.56 Å². The van der Waals surface area contributed by atoms with Crippen LogP contribution in [0.1, 0.15) is 35.7 Å². The van der Waals surface area contributed by atoms with Gasteiger partial charge in [0.15, 0.2) is 0 Å². The summed E-state index contributed by atoms with van der Waals surface area (Å²) >= 11 is 0. The van der Waals surface area contributed by atoms with E-state index in [1.165, 1.54) is 30.3 Å². The Morgan fingerprint density at radius 2 is 1.64 bits per heavy atom. The number of nitrogens with one attached hydrogen (secondary N) is 1. The van der Waals surface area contributed by atoms with Gasteiger partial charge in [-0.15, -0.1) is 0 Å². The SMILES string of the molecule is CC(C)c1ccc(S(=O)(=O)Nc2ccccc2C(=O)[O-])cc1. The molecule has 0 aliphatic rings. The van der Waals surface area contributed by atoms with Crippen LogP contribution >= 0.6 is 0 Å². The molecule has 116 valence electrons. The van der Waals surface area contributed by atoms with Crippen molar-refractivity contribution in [2.45, 2.75) is 24.7 Å². The van der Waals surface area contributed by atoms with Crippen molar-refractivity contribution in [1.82, 2.24) is 0 Å². The summed E-state index contributed by atoms with van der Waals surface area (Å²) in [5.41, 5.74) is 0.800. The molecule has 0 spiro atoms. The Morgan fingerprint density at radius 1 is 1.05 bits per heavy atom. The highest BCUT2D eigenvalue weighted by Crippen LogP contribution is 2.21. The van der Waals surface area contributed by atoms with Gasteiger partial charge in [0.1, 0.15) is 0 Å². The minimum absolute atomic E-state index is 0.0181. The first-order chi connectivity index (χ1) is 10.3. The lowest BCUT2D eigenvalue weighted by Crippen LogP contribution is -2.24. The van der Waals surface area contributed by atoms with Crippen molar-refractivity contribution in [2.75, 3.05) is 4.72 Å². The zero-order valence-corrected chi connectivity index (χ0v) is 13.1. The van der Waals surface area contributed by atoms with E-state index < -0.39 is 16.0 Å². The number of carbonyl (C=O) groups is 1. The van der Waals surface area contributed by atoms with Crippen LogP contribution in [-0.2, 0) is 10.0 Å². The van der Waals surface area contributed by atoms with Crippen molar-refractivity contribution in [3.63, 3.8) is 0 Å². The summed E-state index contributed by atoms with van der Waals surface area (Å²) in [6.45, 7) is 4.02. The molecule has 0 heterocycles. The van der Waals surface area contributed by atoms with E-state index in [1.807, 2.05) is 13.8 Å². The number of carbonyl (C=O) groups excluding carboxylic acids is 1. The molecule has 2 rings (SSSR count). The summed E-state index contributed by atoms with van der Waals surface area (Å²) in [4.78, 5) is 11.1. The van der Waals surface area contributed by atoms with Gasteiger partial charge in [-0.05, 0) is 29.7 Å². The van der Waals surface area contributed by atoms with Crippen molar-refractivity contribution < 1.29 is 18.3 Å². The van der Waals surface area contributed by atoms with E-state index >= 15 is 0 Å². The molecule has 0 fully saturated rings. The van der Waals surface area contributed by atoms with Crippen LogP contribution < -0.4 is 9.83 Å². The number of anilines is 1. The van der Waals surface area contributed by atoms with Crippen LogP contribution in [0.25, 0.3) is 0 Å². The molecule has 0 bridgehead atoms. The fraction of sp³-hybridized carbons (Fsp3) is 0.188. The van der Waals surface area contributed by atoms with E-state index in [9.17, 15) is 18.3 Å². The number of rotatable bonds is 5. The standard InChI is InChI=1S/C16H17NO4S/c1-11(2)12-7-9-13(10-8-12)22(20,21)17-15-6-4-3-5-14(15)16(18)19/h3-11,17H,1-2H3,(H,18,19)/p-1. The smallest absolute Gasteiger partial charge is 0.261 e. The minimum Gasteiger partial charge on any atom is -0.545 e. The summed E-state index contributed by atoms with van der Waals surface area (Å²) < 4.78 is 27.0. The molecule has 0 unspecified atom stereocenters. The number of carboxylic acid groups (broad SMARTS) is 1. The summed E-state index contributed by atoms with van der Waals surface area (Å²) in [6.07, 6.45) is 0. The van der Waals surface area contributed by atoms with E-state index in [0.717, 1.165) is 5.56 Å². The number of aromatic carboxylic acids is 1. The Kier molecular flexibility index (Phi) is 4.51. The van der Waals surface area contributed by atoms with Crippen LogP contribution in [0.4, 0.5) is 5.69 Å². The number of carboxylic acids is 1. The molecular weight excluding hydrogens is 302 g/mol. The van der Waals surface area contributed by atoms with E-state index in [4.69, 9.17) is 0 Å². The molecule has 2 aromatic carbocycles. The predicted molar refractivity (Wildman–Crippen MR) is 82.1 cm³/mol. The lowest BCUT2D eigenvalue weighted by Gasteiger charge is -2.13. The largest absolute Gasteiger partial charge is 0.545 e. The second-order valence-corrected chi connectivity index (χ2v) is 6.84. The fourth-order valence-corrected chi connectivity index (χ4v) is 3.07. The number of benzene rings is 2. The first kappa shape index (κ1) is 16.0. The van der Waals surface area contributed by atoms with Gasteiger partial charge in [0.2, 0.25) is 0 Å². The highest BCUT2D eigenvalue weighted by molar-refractivity contribution is 7.92. The summed E-state index contributed by atoms with van der Waals surface area (Å²) in [7, 11) is -3.85. The third-order valence-corrected chi connectivity index (χ3v) is 4.63. The van der Waals surface area contributed by atoms with Gasteiger partial charge in [0.25, 0.3) is 10.0 Å². The topological polar surface area (TPSA) is 86.3 Å². The van der Waals surface area contributed by atoms with Crippen LogP contribution in [0.15, 0.2) is 53.4 Å². The highest BCUT2D eigenvalue weighted by Gasteiger charge is 2.16. The number of hydrogen-bond donors (Lipinski definition) is 1. The van der Waals surface area contributed by atoms with Gasteiger partial charge in [-0.3, -0.25) is 4.72 Å². The Hall–Kier alpha value is -2.34. The first-order valence-corrected chi connectivity index (χ1v) is 8.23. The van der Waals surface area contributed by atoms with E-state index in [0.29, 0.717) is 5.92 Å². The minimum atomic E-state index is -3.85. The van der Waals surface area contributed by atoms with Crippen LogP contribution in [0.3, 0.4) is 0 Å². The maximum absolute atomic E-state index is 12.3. The van der Waals surface area contributed by atoms with Gasteiger partial charge in [-0.25, -0.2) is 8.42 Å². The molecule has 0 amide bonds. The molecule has 0 aliphatic carbocycles. The fourth-order valence-electron chi connectivity index (χ4n) is 1.99. The highest BCUT2D eigenvalue weighted by atomic mass is 32.2. The number of sulfonamides is 1.